The maximum Gasteiger partial charge on any atom is 0.408 e. The summed E-state index contributed by atoms with van der Waals surface area (Å²) in [6, 6.07) is 11.0. The molecule has 4 heterocycles. The van der Waals surface area contributed by atoms with E-state index in [1.165, 1.54) is 47.4 Å². The Bertz CT molecular complexity index is 4080. The van der Waals surface area contributed by atoms with E-state index in [0.29, 0.717) is 69.4 Å². The van der Waals surface area contributed by atoms with Gasteiger partial charge in [-0.25, -0.2) is 49.0 Å². The van der Waals surface area contributed by atoms with Crippen molar-refractivity contribution in [3.8, 4) is 0 Å². The summed E-state index contributed by atoms with van der Waals surface area (Å²) in [7, 11) is -13.4. The average Bonchev–Trinajstić information content (AvgIpc) is 1.58. The lowest BCUT2D eigenvalue weighted by molar-refractivity contribution is -0.387. The van der Waals surface area contributed by atoms with Crippen molar-refractivity contribution in [2.45, 2.75) is 228 Å². The quantitative estimate of drug-likeness (QED) is 0.0680. The third-order valence-electron chi connectivity index (χ3n) is 20.7. The number of ether oxygens (including phenoxy) is 2. The molecule has 10 atom stereocenters. The number of fused-ring (bicyclic) bond motifs is 4. The van der Waals surface area contributed by atoms with Crippen molar-refractivity contribution >= 4 is 94.8 Å². The Kier molecular flexibility index (Phi) is 25.5. The lowest BCUT2D eigenvalue weighted by Gasteiger charge is -2.30. The summed E-state index contributed by atoms with van der Waals surface area (Å²) in [5.41, 5.74) is 2.90. The summed E-state index contributed by atoms with van der Waals surface area (Å²) in [5.74, 6) is -5.79. The third-order valence-corrected chi connectivity index (χ3v) is 25.0. The lowest BCUT2D eigenvalue weighted by atomic mass is 10.0. The van der Waals surface area contributed by atoms with Gasteiger partial charge in [0.25, 0.3) is 37.5 Å². The normalized spacial score (nSPS) is 28.9. The molecule has 31 nitrogen and oxygen atoms in total. The van der Waals surface area contributed by atoms with Crippen LogP contribution in [0.4, 0.5) is 26.7 Å². The zero-order valence-corrected chi connectivity index (χ0v) is 60.5. The molecule has 4 saturated carbocycles. The number of carbonyl (C=O) groups is 8. The minimum Gasteiger partial charge on any atom is -0.446 e. The first-order chi connectivity index (χ1) is 49.7. The van der Waals surface area contributed by atoms with Crippen LogP contribution in [-0.4, -0.2) is 173 Å². The zero-order valence-electron chi connectivity index (χ0n) is 58.1. The van der Waals surface area contributed by atoms with Crippen LogP contribution in [0.5, 0.6) is 0 Å². The molecule has 6 fully saturated rings. The van der Waals surface area contributed by atoms with E-state index < -0.39 is 152 Å². The fraction of sp³-hybridized carbons (Fsp3) is 0.571. The number of anilines is 2. The molecule has 11 rings (SSSR count). The number of hydrogen-bond donors (Lipinski definition) is 10. The van der Waals surface area contributed by atoms with Gasteiger partial charge >= 0.3 is 12.2 Å². The fourth-order valence-corrected chi connectivity index (χ4v) is 18.7. The second-order valence-corrected chi connectivity index (χ2v) is 33.1. The second-order valence-electron chi connectivity index (χ2n) is 28.1. The number of rotatable bonds is 10. The molecule has 2 saturated heterocycles. The molecule has 0 aromatic heterocycles. The van der Waals surface area contributed by atoms with Crippen LogP contribution >= 0.6 is 0 Å². The lowest BCUT2D eigenvalue weighted by Crippen LogP contribution is -2.58. The third kappa shape index (κ3) is 18.8. The van der Waals surface area contributed by atoms with E-state index in [1.54, 1.807) is 30.3 Å². The van der Waals surface area contributed by atoms with Crippen LogP contribution in [0, 0.1) is 22.0 Å². The molecule has 8 amide bonds. The Morgan fingerprint density at radius 2 is 0.981 bits per heavy atom. The fourth-order valence-electron chi connectivity index (χ4n) is 14.8. The van der Waals surface area contributed by atoms with Gasteiger partial charge in [-0.15, -0.1) is 13.2 Å². The van der Waals surface area contributed by atoms with Gasteiger partial charge in [0.2, 0.25) is 33.7 Å². The Morgan fingerprint density at radius 1 is 0.577 bits per heavy atom. The number of nitro groups is 1. The first-order valence-corrected chi connectivity index (χ1v) is 40.4. The number of benzene rings is 3. The summed E-state index contributed by atoms with van der Waals surface area (Å²) in [6.45, 7) is 8.17. The largest absolute Gasteiger partial charge is 0.446 e. The van der Waals surface area contributed by atoms with Gasteiger partial charge in [-0.1, -0.05) is 99.9 Å². The highest BCUT2D eigenvalue weighted by Crippen LogP contribution is 2.47. The molecule has 104 heavy (non-hydrogen) atoms. The molecule has 0 radical (unpaired) electrons. The first kappa shape index (κ1) is 77.9. The van der Waals surface area contributed by atoms with Crippen LogP contribution < -0.4 is 51.8 Å². The summed E-state index contributed by atoms with van der Waals surface area (Å²) in [6.07, 6.45) is 15.5. The molecule has 11 N–H and O–H groups in total. The van der Waals surface area contributed by atoms with Gasteiger partial charge in [0.05, 0.1) is 16.3 Å². The van der Waals surface area contributed by atoms with Crippen molar-refractivity contribution in [2.75, 3.05) is 36.8 Å². The number of carbonyl (C=O) groups excluding carboxylic acids is 8. The van der Waals surface area contributed by atoms with E-state index in [9.17, 15) is 73.7 Å². The molecule has 8 aliphatic rings. The van der Waals surface area contributed by atoms with Crippen LogP contribution in [-0.2, 0) is 68.3 Å². The van der Waals surface area contributed by atoms with Crippen molar-refractivity contribution < 1.29 is 78.0 Å². The van der Waals surface area contributed by atoms with E-state index >= 15 is 0 Å². The standard InChI is InChI=1S/C38H49N7O11S2.C32H46N6O7S/c1-2-25-23-38(25)36(48)43-57(52,53)32-19-11-9-16-28(32)39-21-13-5-3-4-6-17-29(40-37(49)56-27-14-7-8-15-27)35(47)44-24-26(22-31(44)34(46)41-38)42-58(54,55)33-20-12-10-18-30(33)45(50)51;1-2-21-19-32(21)30(41)37-46(43,44)27-16-10-9-14-24(27)34-17-11-5-3-4-6-15-25(35-31(42)45-23-12-7-8-13-23)29(40)38-20-22(33)18-26(38)28(39)36-32/h2,9-12,16,18-20,25-27,29,31,39,42H,1,3-8,13-15,17,21-24H2,(H,40,49)(H,41,46)(H,43,48);2,9-10,14,16,21-23,25-26,34H,1,3-8,11-13,15,17-20,33H2,(H,35,42)(H,36,39)(H,37,41)/t25-,26-,29+,31+,38-;21-,22-,25+,26+,32-/m11/s1. The number of nitrogens with two attached hydrogens (primary N) is 1. The van der Waals surface area contributed by atoms with E-state index in [2.05, 4.69) is 59.2 Å². The van der Waals surface area contributed by atoms with Gasteiger partial charge < -0.3 is 56.9 Å². The van der Waals surface area contributed by atoms with Crippen molar-refractivity contribution in [3.63, 3.8) is 0 Å². The Labute approximate surface area is 605 Å². The highest BCUT2D eigenvalue weighted by Gasteiger charge is 2.63. The average molecular weight is 1500 g/mol. The van der Waals surface area contributed by atoms with Gasteiger partial charge in [-0.2, -0.15) is 0 Å². The SMILES string of the molecule is C=C[C@@H]1C[C@@]12NC(=O)[C@@H]1C[C@@H](N)CN1C(=O)[C@@H](NC(=O)OC1CCCC1)CCCCCCCNc1ccccc1S(=O)(=O)NC2=O.C=C[C@@H]1C[C@@]12NC(=O)[C@@H]1C[C@@H](NS(=O)(=O)c3ccccc3[N+](=O)[O-])CN1C(=O)[C@@H](NC(=O)OC1CCCC1)CCCCCCCNc1ccccc1S(=O)(=O)NC2=O. The summed E-state index contributed by atoms with van der Waals surface area (Å²) in [4.78, 5) is 123. The summed E-state index contributed by atoms with van der Waals surface area (Å²) in [5, 5.41) is 28.9. The maximum absolute atomic E-state index is 14.5. The molecular formula is C70H95N13O18S3. The molecular weight excluding hydrogens is 1410 g/mol. The number of nitrogens with zero attached hydrogens (tertiary/aromatic N) is 3. The summed E-state index contributed by atoms with van der Waals surface area (Å²) < 4.78 is 99.3. The number of nitrogens with one attached hydrogen (secondary N) is 9. The van der Waals surface area contributed by atoms with E-state index in [4.69, 9.17) is 15.2 Å². The van der Waals surface area contributed by atoms with Crippen LogP contribution in [0.15, 0.2) is 113 Å². The number of sulfonamides is 3. The Morgan fingerprint density at radius 3 is 1.43 bits per heavy atom. The minimum atomic E-state index is -4.59. The highest BCUT2D eigenvalue weighted by molar-refractivity contribution is 7.90. The highest BCUT2D eigenvalue weighted by atomic mass is 32.2. The van der Waals surface area contributed by atoms with Crippen molar-refractivity contribution in [1.29, 1.82) is 0 Å². The smallest absolute Gasteiger partial charge is 0.408 e. The van der Waals surface area contributed by atoms with Crippen molar-refractivity contribution in [2.24, 2.45) is 17.6 Å². The maximum atomic E-state index is 14.5. The van der Waals surface area contributed by atoms with Gasteiger partial charge in [-0.05, 0) is 133 Å². The van der Waals surface area contributed by atoms with Crippen LogP contribution in [0.2, 0.25) is 0 Å². The van der Waals surface area contributed by atoms with Crippen molar-refractivity contribution in [1.82, 2.24) is 45.2 Å². The number of para-hydroxylation sites is 3. The van der Waals surface area contributed by atoms with E-state index in [0.717, 1.165) is 94.1 Å². The molecule has 0 unspecified atom stereocenters. The van der Waals surface area contributed by atoms with E-state index in [-0.39, 0.29) is 67.2 Å². The first-order valence-electron chi connectivity index (χ1n) is 35.9. The molecule has 566 valence electrons. The Hall–Kier alpha value is -8.73. The summed E-state index contributed by atoms with van der Waals surface area (Å²) >= 11 is 0. The number of hydrogen-bond acceptors (Lipinski definition) is 21. The minimum absolute atomic E-state index is 0.0188. The number of nitro benzene ring substituents is 1. The Balaban J connectivity index is 0.000000229. The zero-order chi connectivity index (χ0) is 74.6. The van der Waals surface area contributed by atoms with Crippen molar-refractivity contribution in [3.05, 3.63) is 108 Å². The predicted octanol–water partition coefficient (Wildman–Crippen LogP) is 5.50. The molecule has 3 aromatic rings. The van der Waals surface area contributed by atoms with Gasteiger partial charge in [0.15, 0.2) is 4.90 Å². The van der Waals surface area contributed by atoms with Crippen LogP contribution in [0.3, 0.4) is 0 Å². The number of amides is 8. The van der Waals surface area contributed by atoms with Gasteiger partial charge in [0.1, 0.15) is 57.2 Å². The molecule has 3 aromatic carbocycles. The van der Waals surface area contributed by atoms with Gasteiger partial charge in [-0.3, -0.25) is 38.9 Å². The molecule has 2 spiro atoms. The predicted molar refractivity (Wildman–Crippen MR) is 381 cm³/mol. The molecule has 34 heteroatoms. The monoisotopic (exact) mass is 1500 g/mol. The van der Waals surface area contributed by atoms with Crippen LogP contribution in [0.1, 0.15) is 154 Å². The van der Waals surface area contributed by atoms with E-state index in [1.807, 2.05) is 0 Å². The molecule has 4 aliphatic carbocycles. The molecule has 4 aliphatic heterocycles. The second kappa shape index (κ2) is 34.0. The topological polar surface area (TPSA) is 441 Å². The number of alkyl carbamates (subject to hydrolysis) is 2. The van der Waals surface area contributed by atoms with Gasteiger partial charge in [0, 0.05) is 56.2 Å². The molecule has 0 bridgehead atoms. The van der Waals surface area contributed by atoms with Crippen LogP contribution in [0.25, 0.3) is 0 Å².